The number of sulfonamides is 1. The molecular formula is C24H30Cl3N3O4S. The van der Waals surface area contributed by atoms with Crippen LogP contribution in [0.25, 0.3) is 0 Å². The molecule has 0 fully saturated rings. The molecule has 2 aromatic rings. The van der Waals surface area contributed by atoms with Crippen LogP contribution in [0.15, 0.2) is 42.5 Å². The fraction of sp³-hybridized carbons (Fsp3) is 0.417. The van der Waals surface area contributed by atoms with E-state index < -0.39 is 28.5 Å². The lowest BCUT2D eigenvalue weighted by Crippen LogP contribution is -2.53. The Morgan fingerprint density at radius 3 is 2.17 bits per heavy atom. The number of nitrogens with one attached hydrogen (secondary N) is 1. The smallest absolute Gasteiger partial charge is 0.244 e. The first kappa shape index (κ1) is 29.2. The second kappa shape index (κ2) is 12.8. The van der Waals surface area contributed by atoms with Crippen molar-refractivity contribution in [2.45, 2.75) is 52.2 Å². The fourth-order valence-electron chi connectivity index (χ4n) is 3.45. The maximum atomic E-state index is 13.7. The molecule has 0 bridgehead atoms. The summed E-state index contributed by atoms with van der Waals surface area (Å²) in [4.78, 5) is 28.1. The van der Waals surface area contributed by atoms with E-state index in [1.165, 1.54) is 17.0 Å². The molecule has 0 spiro atoms. The van der Waals surface area contributed by atoms with Gasteiger partial charge in [0.2, 0.25) is 21.8 Å². The molecule has 2 atom stereocenters. The highest BCUT2D eigenvalue weighted by atomic mass is 35.5. The highest BCUT2D eigenvalue weighted by molar-refractivity contribution is 7.92. The summed E-state index contributed by atoms with van der Waals surface area (Å²) in [5.74, 6) is -0.911. The molecule has 2 aromatic carbocycles. The van der Waals surface area contributed by atoms with Gasteiger partial charge in [-0.05, 0) is 43.5 Å². The molecule has 2 unspecified atom stereocenters. The van der Waals surface area contributed by atoms with Gasteiger partial charge in [0.15, 0.2) is 0 Å². The molecule has 0 saturated heterocycles. The number of amides is 2. The lowest BCUT2D eigenvalue weighted by atomic mass is 10.1. The van der Waals surface area contributed by atoms with Crippen LogP contribution in [0.5, 0.6) is 0 Å². The van der Waals surface area contributed by atoms with Crippen molar-refractivity contribution in [2.75, 3.05) is 17.1 Å². The lowest BCUT2D eigenvalue weighted by molar-refractivity contribution is -0.140. The summed E-state index contributed by atoms with van der Waals surface area (Å²) in [6, 6.07) is 10.6. The number of hydrogen-bond acceptors (Lipinski definition) is 4. The van der Waals surface area contributed by atoms with Crippen LogP contribution in [-0.4, -0.2) is 50.0 Å². The highest BCUT2D eigenvalue weighted by Gasteiger charge is 2.33. The molecular weight excluding hydrogens is 533 g/mol. The molecule has 192 valence electrons. The van der Waals surface area contributed by atoms with E-state index in [1.807, 2.05) is 13.8 Å². The second-order valence-corrected chi connectivity index (χ2v) is 11.3. The van der Waals surface area contributed by atoms with Gasteiger partial charge in [0.1, 0.15) is 12.6 Å². The number of halogens is 3. The maximum absolute atomic E-state index is 13.7. The van der Waals surface area contributed by atoms with E-state index in [-0.39, 0.29) is 34.2 Å². The molecule has 2 rings (SSSR count). The lowest BCUT2D eigenvalue weighted by Gasteiger charge is -2.33. The van der Waals surface area contributed by atoms with Crippen LogP contribution in [-0.2, 0) is 26.2 Å². The topological polar surface area (TPSA) is 86.8 Å². The molecule has 0 heterocycles. The van der Waals surface area contributed by atoms with Gasteiger partial charge in [-0.2, -0.15) is 0 Å². The second-order valence-electron chi connectivity index (χ2n) is 8.20. The maximum Gasteiger partial charge on any atom is 0.244 e. The number of anilines is 1. The molecule has 0 aliphatic rings. The normalized spacial score (nSPS) is 13.1. The van der Waals surface area contributed by atoms with Crippen LogP contribution in [0.2, 0.25) is 15.1 Å². The van der Waals surface area contributed by atoms with Crippen molar-refractivity contribution >= 4 is 62.3 Å². The average molecular weight is 563 g/mol. The summed E-state index contributed by atoms with van der Waals surface area (Å²) in [6.07, 6.45) is 2.01. The van der Waals surface area contributed by atoms with Crippen LogP contribution >= 0.6 is 34.8 Å². The Hall–Kier alpha value is -2.00. The molecule has 0 aliphatic carbocycles. The van der Waals surface area contributed by atoms with E-state index >= 15 is 0 Å². The Morgan fingerprint density at radius 2 is 1.60 bits per heavy atom. The van der Waals surface area contributed by atoms with Crippen molar-refractivity contribution in [3.05, 3.63) is 63.1 Å². The van der Waals surface area contributed by atoms with Crippen molar-refractivity contribution in [1.82, 2.24) is 10.2 Å². The van der Waals surface area contributed by atoms with Gasteiger partial charge < -0.3 is 10.2 Å². The van der Waals surface area contributed by atoms with Gasteiger partial charge in [-0.15, -0.1) is 0 Å². The molecule has 35 heavy (non-hydrogen) atoms. The molecule has 1 N–H and O–H groups in total. The third kappa shape index (κ3) is 7.74. The Morgan fingerprint density at radius 1 is 0.971 bits per heavy atom. The standard InChI is InChI=1S/C24H30Cl3N3O4S/c1-5-16(3)28-24(32)20(6-2)29(14-17-10-7-8-11-18(17)25)22(31)15-30(35(4,33)34)21-13-9-12-19(26)23(21)27/h7-13,16,20H,5-6,14-15H2,1-4H3,(H,28,32). The molecule has 11 heteroatoms. The van der Waals surface area contributed by atoms with Crippen molar-refractivity contribution in [1.29, 1.82) is 0 Å². The molecule has 0 aliphatic heterocycles. The number of nitrogens with zero attached hydrogens (tertiary/aromatic N) is 2. The van der Waals surface area contributed by atoms with Gasteiger partial charge in [-0.1, -0.05) is 72.9 Å². The van der Waals surface area contributed by atoms with Crippen LogP contribution in [0.4, 0.5) is 5.69 Å². The van der Waals surface area contributed by atoms with Gasteiger partial charge in [0.05, 0.1) is 22.0 Å². The minimum absolute atomic E-state index is 0.00611. The monoisotopic (exact) mass is 561 g/mol. The largest absolute Gasteiger partial charge is 0.352 e. The Bertz CT molecular complexity index is 1160. The molecule has 7 nitrogen and oxygen atoms in total. The van der Waals surface area contributed by atoms with Gasteiger partial charge in [0.25, 0.3) is 0 Å². The van der Waals surface area contributed by atoms with Crippen LogP contribution in [0, 0.1) is 0 Å². The van der Waals surface area contributed by atoms with E-state index in [0.717, 1.165) is 17.0 Å². The summed E-state index contributed by atoms with van der Waals surface area (Å²) in [5.41, 5.74) is 0.703. The quantitative estimate of drug-likeness (QED) is 0.411. The van der Waals surface area contributed by atoms with Crippen molar-refractivity contribution < 1.29 is 18.0 Å². The molecule has 2 amide bonds. The number of rotatable bonds is 11. The van der Waals surface area contributed by atoms with Crippen LogP contribution in [0.1, 0.15) is 39.2 Å². The minimum Gasteiger partial charge on any atom is -0.352 e. The Balaban J connectivity index is 2.50. The first-order valence-electron chi connectivity index (χ1n) is 11.2. The van der Waals surface area contributed by atoms with E-state index in [2.05, 4.69) is 5.32 Å². The van der Waals surface area contributed by atoms with E-state index in [9.17, 15) is 18.0 Å². The molecule has 0 aromatic heterocycles. The number of hydrogen-bond donors (Lipinski definition) is 1. The zero-order chi connectivity index (χ0) is 26.3. The van der Waals surface area contributed by atoms with Crippen molar-refractivity contribution in [3.63, 3.8) is 0 Å². The summed E-state index contributed by atoms with van der Waals surface area (Å²) in [6.45, 7) is 5.05. The third-order valence-corrected chi connectivity index (χ3v) is 7.87. The predicted octanol–water partition coefficient (Wildman–Crippen LogP) is 5.13. The van der Waals surface area contributed by atoms with Gasteiger partial charge >= 0.3 is 0 Å². The first-order chi connectivity index (χ1) is 16.4. The van der Waals surface area contributed by atoms with Gasteiger partial charge in [0, 0.05) is 17.6 Å². The minimum atomic E-state index is -3.93. The van der Waals surface area contributed by atoms with E-state index in [1.54, 1.807) is 37.3 Å². The zero-order valence-corrected chi connectivity index (χ0v) is 23.2. The molecule has 0 saturated carbocycles. The summed E-state index contributed by atoms with van der Waals surface area (Å²) in [7, 11) is -3.93. The summed E-state index contributed by atoms with van der Waals surface area (Å²) >= 11 is 18.7. The summed E-state index contributed by atoms with van der Waals surface area (Å²) in [5, 5.41) is 3.50. The zero-order valence-electron chi connectivity index (χ0n) is 20.1. The highest BCUT2D eigenvalue weighted by Crippen LogP contribution is 2.34. The average Bonchev–Trinajstić information content (AvgIpc) is 2.79. The van der Waals surface area contributed by atoms with Crippen LogP contribution in [0.3, 0.4) is 0 Å². The van der Waals surface area contributed by atoms with Gasteiger partial charge in [-0.25, -0.2) is 8.42 Å². The Labute approximate surface area is 222 Å². The summed E-state index contributed by atoms with van der Waals surface area (Å²) < 4.78 is 26.2. The van der Waals surface area contributed by atoms with Crippen LogP contribution < -0.4 is 9.62 Å². The van der Waals surface area contributed by atoms with E-state index in [4.69, 9.17) is 34.8 Å². The van der Waals surface area contributed by atoms with Crippen molar-refractivity contribution in [3.8, 4) is 0 Å². The van der Waals surface area contributed by atoms with Crippen molar-refractivity contribution in [2.24, 2.45) is 0 Å². The third-order valence-electron chi connectivity index (χ3n) is 5.56. The Kier molecular flexibility index (Phi) is 10.7. The number of carbonyl (C=O) groups excluding carboxylic acids is 2. The van der Waals surface area contributed by atoms with Gasteiger partial charge in [-0.3, -0.25) is 13.9 Å². The van der Waals surface area contributed by atoms with E-state index in [0.29, 0.717) is 17.0 Å². The first-order valence-corrected chi connectivity index (χ1v) is 14.1. The SMILES string of the molecule is CCC(C)NC(=O)C(CC)N(Cc1ccccc1Cl)C(=O)CN(c1cccc(Cl)c1Cl)S(C)(=O)=O. The fourth-order valence-corrected chi connectivity index (χ4v) is 4.95. The number of benzene rings is 2. The predicted molar refractivity (Wildman–Crippen MR) is 143 cm³/mol. The molecule has 0 radical (unpaired) electrons. The number of carbonyl (C=O) groups is 2.